The number of nitrogens with zero attached hydrogens (tertiary/aromatic N) is 3. The first-order valence-corrected chi connectivity index (χ1v) is 5.07. The summed E-state index contributed by atoms with van der Waals surface area (Å²) in [4.78, 5) is 33.0. The minimum absolute atomic E-state index is 0.168. The van der Waals surface area contributed by atoms with Crippen molar-refractivity contribution in [3.63, 3.8) is 0 Å². The molecule has 0 radical (unpaired) electrons. The standard InChI is InChI=1S/C11H13N3O2/c1-11(2,3)14-9(15)4-8-7(10(14)16)5-12-6-13-8/h5-6H,4H2,1-3H3. The SMILES string of the molecule is CC(C)(C)N1C(=O)Cc2ncncc2C1=O. The van der Waals surface area contributed by atoms with E-state index in [4.69, 9.17) is 0 Å². The number of carbonyl (C=O) groups is 2. The van der Waals surface area contributed by atoms with Gasteiger partial charge in [0.25, 0.3) is 5.91 Å². The zero-order valence-corrected chi connectivity index (χ0v) is 9.52. The monoisotopic (exact) mass is 219 g/mol. The zero-order chi connectivity index (χ0) is 11.9. The highest BCUT2D eigenvalue weighted by molar-refractivity contribution is 6.09. The van der Waals surface area contributed by atoms with Crippen molar-refractivity contribution in [1.29, 1.82) is 0 Å². The fourth-order valence-corrected chi connectivity index (χ4v) is 1.81. The van der Waals surface area contributed by atoms with E-state index in [1.165, 1.54) is 17.4 Å². The summed E-state index contributed by atoms with van der Waals surface area (Å²) in [5.41, 5.74) is 0.435. The van der Waals surface area contributed by atoms with Gasteiger partial charge in [0.1, 0.15) is 6.33 Å². The van der Waals surface area contributed by atoms with Gasteiger partial charge < -0.3 is 0 Å². The molecule has 5 heteroatoms. The van der Waals surface area contributed by atoms with Crippen molar-refractivity contribution in [2.75, 3.05) is 0 Å². The van der Waals surface area contributed by atoms with Crippen LogP contribution in [0.4, 0.5) is 0 Å². The van der Waals surface area contributed by atoms with Crippen LogP contribution in [0.2, 0.25) is 0 Å². The lowest BCUT2D eigenvalue weighted by atomic mass is 9.98. The van der Waals surface area contributed by atoms with Gasteiger partial charge in [-0.25, -0.2) is 9.97 Å². The fourth-order valence-electron chi connectivity index (χ4n) is 1.81. The molecule has 2 heterocycles. The Morgan fingerprint density at radius 1 is 1.31 bits per heavy atom. The summed E-state index contributed by atoms with van der Waals surface area (Å²) in [6, 6.07) is 0. The maximum Gasteiger partial charge on any atom is 0.264 e. The van der Waals surface area contributed by atoms with E-state index in [9.17, 15) is 9.59 Å². The van der Waals surface area contributed by atoms with Crippen molar-refractivity contribution in [2.45, 2.75) is 32.7 Å². The molecule has 5 nitrogen and oxygen atoms in total. The van der Waals surface area contributed by atoms with Gasteiger partial charge in [0, 0.05) is 11.7 Å². The zero-order valence-electron chi connectivity index (χ0n) is 9.52. The summed E-state index contributed by atoms with van der Waals surface area (Å²) in [7, 11) is 0. The molecule has 0 atom stereocenters. The lowest BCUT2D eigenvalue weighted by Gasteiger charge is -2.36. The molecule has 1 aromatic heterocycles. The van der Waals surface area contributed by atoms with Crippen LogP contribution in [0.15, 0.2) is 12.5 Å². The third-order valence-electron chi connectivity index (χ3n) is 2.47. The molecule has 2 rings (SSSR count). The van der Waals surface area contributed by atoms with Gasteiger partial charge in [0.2, 0.25) is 5.91 Å². The van der Waals surface area contributed by atoms with Crippen LogP contribution < -0.4 is 0 Å². The molecule has 0 spiro atoms. The van der Waals surface area contributed by atoms with Crippen molar-refractivity contribution < 1.29 is 9.59 Å². The highest BCUT2D eigenvalue weighted by Gasteiger charge is 2.38. The van der Waals surface area contributed by atoms with Crippen LogP contribution in [-0.4, -0.2) is 32.2 Å². The van der Waals surface area contributed by atoms with Crippen LogP contribution in [0.5, 0.6) is 0 Å². The summed E-state index contributed by atoms with van der Waals surface area (Å²) in [5, 5.41) is 0. The number of rotatable bonds is 0. The Morgan fingerprint density at radius 2 is 2.00 bits per heavy atom. The summed E-state index contributed by atoms with van der Waals surface area (Å²) >= 11 is 0. The van der Waals surface area contributed by atoms with Crippen molar-refractivity contribution >= 4 is 11.8 Å². The third kappa shape index (κ3) is 1.58. The lowest BCUT2D eigenvalue weighted by molar-refractivity contribution is -0.132. The second-order valence-corrected chi connectivity index (χ2v) is 4.77. The van der Waals surface area contributed by atoms with Crippen molar-refractivity contribution in [2.24, 2.45) is 0 Å². The molecule has 2 amide bonds. The maximum atomic E-state index is 12.1. The van der Waals surface area contributed by atoms with E-state index in [1.54, 1.807) is 0 Å². The van der Waals surface area contributed by atoms with Gasteiger partial charge in [-0.15, -0.1) is 0 Å². The lowest BCUT2D eigenvalue weighted by Crippen LogP contribution is -2.52. The predicted molar refractivity (Wildman–Crippen MR) is 56.7 cm³/mol. The normalized spacial score (nSPS) is 16.3. The highest BCUT2D eigenvalue weighted by Crippen LogP contribution is 2.24. The number of fused-ring (bicyclic) bond motifs is 1. The Morgan fingerprint density at radius 3 is 2.62 bits per heavy atom. The largest absolute Gasteiger partial charge is 0.274 e. The van der Waals surface area contributed by atoms with Gasteiger partial charge in [-0.05, 0) is 20.8 Å². The Balaban J connectivity index is 2.50. The Bertz CT molecular complexity index is 463. The Hall–Kier alpha value is -1.78. The minimum Gasteiger partial charge on any atom is -0.274 e. The predicted octanol–water partition coefficient (Wildman–Crippen LogP) is 0.800. The summed E-state index contributed by atoms with van der Waals surface area (Å²) in [6.45, 7) is 5.49. The van der Waals surface area contributed by atoms with Crippen LogP contribution in [0.1, 0.15) is 36.8 Å². The quantitative estimate of drug-likeness (QED) is 0.605. The van der Waals surface area contributed by atoms with Crippen LogP contribution in [0.3, 0.4) is 0 Å². The first-order chi connectivity index (χ1) is 7.41. The van der Waals surface area contributed by atoms with Gasteiger partial charge in [-0.2, -0.15) is 0 Å². The van der Waals surface area contributed by atoms with Crippen molar-refractivity contribution in [3.05, 3.63) is 23.8 Å². The molecule has 0 saturated carbocycles. The topological polar surface area (TPSA) is 63.2 Å². The third-order valence-corrected chi connectivity index (χ3v) is 2.47. The summed E-state index contributed by atoms with van der Waals surface area (Å²) in [6.07, 6.45) is 2.99. The van der Waals surface area contributed by atoms with Gasteiger partial charge in [0.15, 0.2) is 0 Å². The second-order valence-electron chi connectivity index (χ2n) is 4.77. The highest BCUT2D eigenvalue weighted by atomic mass is 16.2. The van der Waals surface area contributed by atoms with Crippen LogP contribution in [0, 0.1) is 0 Å². The second kappa shape index (κ2) is 3.37. The van der Waals surface area contributed by atoms with Crippen LogP contribution >= 0.6 is 0 Å². The molecule has 1 aromatic rings. The summed E-state index contributed by atoms with van der Waals surface area (Å²) < 4.78 is 0. The fraction of sp³-hybridized carbons (Fsp3) is 0.455. The molecule has 0 N–H and O–H groups in total. The van der Waals surface area contributed by atoms with Gasteiger partial charge >= 0.3 is 0 Å². The first kappa shape index (κ1) is 10.7. The van der Waals surface area contributed by atoms with Crippen molar-refractivity contribution in [3.8, 4) is 0 Å². The smallest absolute Gasteiger partial charge is 0.264 e. The molecule has 16 heavy (non-hydrogen) atoms. The van der Waals surface area contributed by atoms with E-state index >= 15 is 0 Å². The molecular weight excluding hydrogens is 206 g/mol. The minimum atomic E-state index is -0.512. The van der Waals surface area contributed by atoms with E-state index in [0.717, 1.165) is 0 Å². The molecular formula is C11H13N3O2. The molecule has 0 bridgehead atoms. The molecule has 1 aliphatic heterocycles. The number of imide groups is 1. The molecule has 0 aromatic carbocycles. The molecule has 84 valence electrons. The molecule has 0 saturated heterocycles. The Labute approximate surface area is 93.5 Å². The molecule has 0 aliphatic carbocycles. The molecule has 0 fully saturated rings. The number of amides is 2. The average molecular weight is 219 g/mol. The van der Waals surface area contributed by atoms with Crippen LogP contribution in [-0.2, 0) is 11.2 Å². The van der Waals surface area contributed by atoms with Gasteiger partial charge in [0.05, 0.1) is 17.7 Å². The van der Waals surface area contributed by atoms with E-state index in [0.29, 0.717) is 11.3 Å². The van der Waals surface area contributed by atoms with E-state index in [1.807, 2.05) is 20.8 Å². The van der Waals surface area contributed by atoms with Gasteiger partial charge in [-0.1, -0.05) is 0 Å². The van der Waals surface area contributed by atoms with Gasteiger partial charge in [-0.3, -0.25) is 14.5 Å². The molecule has 1 aliphatic rings. The summed E-state index contributed by atoms with van der Waals surface area (Å²) in [5.74, 6) is -0.511. The van der Waals surface area contributed by atoms with Crippen LogP contribution in [0.25, 0.3) is 0 Å². The van der Waals surface area contributed by atoms with Crippen molar-refractivity contribution in [1.82, 2.24) is 14.9 Å². The molecule has 0 unspecified atom stereocenters. The average Bonchev–Trinajstić information content (AvgIpc) is 2.15. The van der Waals surface area contributed by atoms with E-state index < -0.39 is 5.54 Å². The number of carbonyl (C=O) groups excluding carboxylic acids is 2. The number of hydrogen-bond acceptors (Lipinski definition) is 4. The van der Waals surface area contributed by atoms with E-state index in [-0.39, 0.29) is 18.2 Å². The Kier molecular flexibility index (Phi) is 2.26. The first-order valence-electron chi connectivity index (χ1n) is 5.07. The number of aromatic nitrogens is 2. The maximum absolute atomic E-state index is 12.1. The number of hydrogen-bond donors (Lipinski definition) is 0. The van der Waals surface area contributed by atoms with E-state index in [2.05, 4.69) is 9.97 Å².